The molecule has 2 aliphatic rings. The lowest BCUT2D eigenvalue weighted by Gasteiger charge is -2.46. The van der Waals surface area contributed by atoms with E-state index >= 15 is 0 Å². The Kier molecular flexibility index (Phi) is 4.99. The second-order valence-electron chi connectivity index (χ2n) is 4.23. The van der Waals surface area contributed by atoms with Crippen molar-refractivity contribution in [3.8, 4) is 0 Å². The van der Waals surface area contributed by atoms with Crippen molar-refractivity contribution in [2.45, 2.75) is 52.4 Å². The van der Waals surface area contributed by atoms with E-state index in [9.17, 15) is 4.79 Å². The molecule has 14 heavy (non-hydrogen) atoms. The summed E-state index contributed by atoms with van der Waals surface area (Å²) in [6, 6.07) is 0. The molecule has 2 nitrogen and oxygen atoms in total. The van der Waals surface area contributed by atoms with Crippen LogP contribution in [0.1, 0.15) is 52.4 Å². The lowest BCUT2D eigenvalue weighted by Crippen LogP contribution is -2.34. The fraction of sp³-hybridized carbons (Fsp3) is 0.917. The molecule has 0 spiro atoms. The van der Waals surface area contributed by atoms with E-state index in [1.165, 1.54) is 11.8 Å². The molecule has 0 saturated heterocycles. The Balaban J connectivity index is 0.000000143. The largest absolute Gasteiger partial charge is 0.466 e. The van der Waals surface area contributed by atoms with Gasteiger partial charge in [-0.25, -0.2) is 0 Å². The second kappa shape index (κ2) is 6.05. The highest BCUT2D eigenvalue weighted by Gasteiger charge is 2.37. The summed E-state index contributed by atoms with van der Waals surface area (Å²) in [6.45, 7) is 4.27. The second-order valence-corrected chi connectivity index (χ2v) is 4.23. The average molecular weight is 198 g/mol. The summed E-state index contributed by atoms with van der Waals surface area (Å²) in [7, 11) is 0. The topological polar surface area (TPSA) is 26.3 Å². The Hall–Kier alpha value is -0.530. The van der Waals surface area contributed by atoms with Gasteiger partial charge in [0.05, 0.1) is 6.61 Å². The van der Waals surface area contributed by atoms with Gasteiger partial charge in [0.2, 0.25) is 0 Å². The van der Waals surface area contributed by atoms with Crippen molar-refractivity contribution in [3.05, 3.63) is 0 Å². The molecule has 0 bridgehead atoms. The molecule has 0 aliphatic heterocycles. The monoisotopic (exact) mass is 198 g/mol. The molecule has 2 aliphatic carbocycles. The summed E-state index contributed by atoms with van der Waals surface area (Å²) < 4.78 is 4.64. The Labute approximate surface area is 87.0 Å². The number of carbonyl (C=O) groups is 1. The van der Waals surface area contributed by atoms with Crippen LogP contribution in [-0.4, -0.2) is 12.6 Å². The van der Waals surface area contributed by atoms with Gasteiger partial charge >= 0.3 is 5.97 Å². The fourth-order valence-corrected chi connectivity index (χ4v) is 2.00. The van der Waals surface area contributed by atoms with Gasteiger partial charge in [0, 0.05) is 6.42 Å². The maximum atomic E-state index is 10.4. The molecule has 2 rings (SSSR count). The molecule has 2 saturated carbocycles. The predicted octanol–water partition coefficient (Wildman–Crippen LogP) is 3.16. The van der Waals surface area contributed by atoms with Crippen molar-refractivity contribution < 1.29 is 9.53 Å². The highest BCUT2D eigenvalue weighted by molar-refractivity contribution is 5.69. The maximum Gasteiger partial charge on any atom is 0.305 e. The van der Waals surface area contributed by atoms with Crippen molar-refractivity contribution >= 4 is 5.97 Å². The molecule has 0 aromatic rings. The van der Waals surface area contributed by atoms with Crippen molar-refractivity contribution in [3.63, 3.8) is 0 Å². The van der Waals surface area contributed by atoms with E-state index in [-0.39, 0.29) is 5.97 Å². The summed E-state index contributed by atoms with van der Waals surface area (Å²) in [5.41, 5.74) is 0. The van der Waals surface area contributed by atoms with Crippen LogP contribution in [-0.2, 0) is 9.53 Å². The standard InChI is InChI=1S/C6H12O2.C6H10/c1-3-5-6(7)8-4-2;1-2-6-4-3-5(1)6/h3-5H2,1-2H3;5-6H,1-4H2. The molecule has 2 fully saturated rings. The smallest absolute Gasteiger partial charge is 0.305 e. The van der Waals surface area contributed by atoms with Crippen LogP contribution < -0.4 is 0 Å². The van der Waals surface area contributed by atoms with Crippen molar-refractivity contribution in [1.29, 1.82) is 0 Å². The van der Waals surface area contributed by atoms with E-state index in [0.29, 0.717) is 13.0 Å². The highest BCUT2D eigenvalue weighted by Crippen LogP contribution is 2.49. The van der Waals surface area contributed by atoms with Crippen LogP contribution in [0.4, 0.5) is 0 Å². The summed E-state index contributed by atoms with van der Waals surface area (Å²) in [4.78, 5) is 10.4. The molecule has 0 radical (unpaired) electrons. The Morgan fingerprint density at radius 2 is 1.64 bits per heavy atom. The maximum absolute atomic E-state index is 10.4. The predicted molar refractivity (Wildman–Crippen MR) is 57.0 cm³/mol. The highest BCUT2D eigenvalue weighted by atomic mass is 16.5. The Morgan fingerprint density at radius 3 is 1.86 bits per heavy atom. The molecule has 82 valence electrons. The number of esters is 1. The Morgan fingerprint density at radius 1 is 1.14 bits per heavy atom. The first kappa shape index (κ1) is 11.5. The van der Waals surface area contributed by atoms with Gasteiger partial charge in [-0.05, 0) is 50.9 Å². The van der Waals surface area contributed by atoms with Gasteiger partial charge in [-0.15, -0.1) is 0 Å². The summed E-state index contributed by atoms with van der Waals surface area (Å²) in [5.74, 6) is 2.34. The fourth-order valence-electron chi connectivity index (χ4n) is 2.00. The van der Waals surface area contributed by atoms with Crippen molar-refractivity contribution in [2.75, 3.05) is 6.61 Å². The van der Waals surface area contributed by atoms with Crippen LogP contribution in [0, 0.1) is 11.8 Å². The van der Waals surface area contributed by atoms with Crippen LogP contribution in [0.5, 0.6) is 0 Å². The molecule has 0 aromatic carbocycles. The van der Waals surface area contributed by atoms with Crippen LogP contribution in [0.2, 0.25) is 0 Å². The first-order valence-electron chi connectivity index (χ1n) is 5.93. The molecule has 0 heterocycles. The number of rotatable bonds is 3. The number of hydrogen-bond acceptors (Lipinski definition) is 2. The third-order valence-corrected chi connectivity index (χ3v) is 3.24. The van der Waals surface area contributed by atoms with Gasteiger partial charge in [0.1, 0.15) is 0 Å². The number of carbonyl (C=O) groups excluding carboxylic acids is 1. The van der Waals surface area contributed by atoms with Gasteiger partial charge in [0.15, 0.2) is 0 Å². The van der Waals surface area contributed by atoms with E-state index in [1.54, 1.807) is 25.7 Å². The van der Waals surface area contributed by atoms with Crippen LogP contribution in [0.25, 0.3) is 0 Å². The molecule has 0 aromatic heterocycles. The first-order valence-corrected chi connectivity index (χ1v) is 5.93. The van der Waals surface area contributed by atoms with Crippen LogP contribution in [0.15, 0.2) is 0 Å². The Bertz CT molecular complexity index is 151. The summed E-state index contributed by atoms with van der Waals surface area (Å²) >= 11 is 0. The summed E-state index contributed by atoms with van der Waals surface area (Å²) in [6.07, 6.45) is 7.66. The summed E-state index contributed by atoms with van der Waals surface area (Å²) in [5, 5.41) is 0. The molecule has 0 amide bonds. The van der Waals surface area contributed by atoms with Gasteiger partial charge in [-0.2, -0.15) is 0 Å². The average Bonchev–Trinajstić information content (AvgIpc) is 2.13. The number of ether oxygens (including phenoxy) is 1. The van der Waals surface area contributed by atoms with Gasteiger partial charge in [-0.3, -0.25) is 4.79 Å². The molecule has 0 N–H and O–H groups in total. The minimum Gasteiger partial charge on any atom is -0.466 e. The van der Waals surface area contributed by atoms with E-state index in [4.69, 9.17) is 0 Å². The lowest BCUT2D eigenvalue weighted by atomic mass is 9.60. The third-order valence-electron chi connectivity index (χ3n) is 3.24. The van der Waals surface area contributed by atoms with Crippen LogP contribution >= 0.6 is 0 Å². The molecule has 0 unspecified atom stereocenters. The quantitative estimate of drug-likeness (QED) is 0.651. The van der Waals surface area contributed by atoms with Gasteiger partial charge < -0.3 is 4.74 Å². The zero-order chi connectivity index (χ0) is 10.4. The van der Waals surface area contributed by atoms with E-state index in [2.05, 4.69) is 4.74 Å². The van der Waals surface area contributed by atoms with Gasteiger partial charge in [0.25, 0.3) is 0 Å². The van der Waals surface area contributed by atoms with Crippen LogP contribution in [0.3, 0.4) is 0 Å². The molecule has 0 atom stereocenters. The first-order chi connectivity index (χ1) is 6.77. The minimum atomic E-state index is -0.0880. The zero-order valence-electron chi connectivity index (χ0n) is 9.42. The van der Waals surface area contributed by atoms with E-state index < -0.39 is 0 Å². The van der Waals surface area contributed by atoms with Gasteiger partial charge in [-0.1, -0.05) is 6.92 Å². The van der Waals surface area contributed by atoms with E-state index in [1.807, 2.05) is 13.8 Å². The van der Waals surface area contributed by atoms with Crippen molar-refractivity contribution in [2.24, 2.45) is 11.8 Å². The SMILES string of the molecule is C1CC2CCC12.CCCC(=O)OCC. The molecular weight excluding hydrogens is 176 g/mol. The lowest BCUT2D eigenvalue weighted by molar-refractivity contribution is -0.143. The molecular formula is C12H22O2. The molecule has 2 heteroatoms. The third kappa shape index (κ3) is 3.32. The normalized spacial score (nSPS) is 27.3. The zero-order valence-corrected chi connectivity index (χ0v) is 9.42. The van der Waals surface area contributed by atoms with Crippen molar-refractivity contribution in [1.82, 2.24) is 0 Å². The van der Waals surface area contributed by atoms with E-state index in [0.717, 1.165) is 6.42 Å². The minimum absolute atomic E-state index is 0.0880. The number of fused-ring (bicyclic) bond motifs is 1. The number of hydrogen-bond donors (Lipinski definition) is 0.